The summed E-state index contributed by atoms with van der Waals surface area (Å²) in [5.41, 5.74) is 1.10. The first kappa shape index (κ1) is 21.5. The molecule has 0 fully saturated rings. The van der Waals surface area contributed by atoms with E-state index in [0.29, 0.717) is 10.6 Å². The van der Waals surface area contributed by atoms with Crippen LogP contribution in [0.5, 0.6) is 5.75 Å². The molecule has 27 heavy (non-hydrogen) atoms. The van der Waals surface area contributed by atoms with Crippen LogP contribution in [0.25, 0.3) is 0 Å². The lowest BCUT2D eigenvalue weighted by molar-refractivity contribution is 0.0690. The Bertz CT molecular complexity index is 929. The van der Waals surface area contributed by atoms with Gasteiger partial charge in [0.2, 0.25) is 0 Å². The van der Waals surface area contributed by atoms with Crippen molar-refractivity contribution in [2.24, 2.45) is 0 Å². The van der Waals surface area contributed by atoms with E-state index < -0.39 is 10.1 Å². The quantitative estimate of drug-likeness (QED) is 0.594. The predicted molar refractivity (Wildman–Crippen MR) is 108 cm³/mol. The van der Waals surface area contributed by atoms with Gasteiger partial charge in [-0.25, -0.2) is 0 Å². The molecule has 2 aromatic rings. The number of carbonyl (C=O) groups excluding carboxylic acids is 1. The molecule has 5 nitrogen and oxygen atoms in total. The fourth-order valence-electron chi connectivity index (χ4n) is 2.40. The van der Waals surface area contributed by atoms with E-state index in [2.05, 4.69) is 0 Å². The highest BCUT2D eigenvalue weighted by Crippen LogP contribution is 2.25. The number of amides is 1. The van der Waals surface area contributed by atoms with Gasteiger partial charge >= 0.3 is 10.1 Å². The molecule has 0 spiro atoms. The molecule has 0 unspecified atom stereocenters. The Labute approximate surface area is 170 Å². The van der Waals surface area contributed by atoms with Crippen LogP contribution in [-0.4, -0.2) is 31.0 Å². The van der Waals surface area contributed by atoms with E-state index in [-0.39, 0.29) is 35.0 Å². The zero-order chi connectivity index (χ0) is 20.2. The van der Waals surface area contributed by atoms with Gasteiger partial charge in [0.1, 0.15) is 5.75 Å². The highest BCUT2D eigenvalue weighted by molar-refractivity contribution is 7.87. The lowest BCUT2D eigenvalue weighted by Gasteiger charge is -2.27. The molecule has 0 atom stereocenters. The lowest BCUT2D eigenvalue weighted by atomic mass is 10.1. The minimum atomic E-state index is -3.61. The number of halogens is 2. The van der Waals surface area contributed by atoms with Crippen molar-refractivity contribution in [3.05, 3.63) is 63.6 Å². The van der Waals surface area contributed by atoms with Crippen LogP contribution in [0.2, 0.25) is 10.0 Å². The fourth-order valence-corrected chi connectivity index (χ4v) is 3.41. The second kappa shape index (κ2) is 8.95. The number of carbonyl (C=O) groups is 1. The van der Waals surface area contributed by atoms with Crippen molar-refractivity contribution in [2.75, 3.05) is 5.75 Å². The van der Waals surface area contributed by atoms with Crippen molar-refractivity contribution in [1.29, 1.82) is 0 Å². The van der Waals surface area contributed by atoms with E-state index in [1.165, 1.54) is 13.0 Å². The van der Waals surface area contributed by atoms with Crippen LogP contribution in [-0.2, 0) is 16.7 Å². The summed E-state index contributed by atoms with van der Waals surface area (Å²) < 4.78 is 28.4. The second-order valence-corrected chi connectivity index (χ2v) is 8.93. The number of benzene rings is 2. The van der Waals surface area contributed by atoms with Crippen LogP contribution < -0.4 is 4.18 Å². The van der Waals surface area contributed by atoms with Crippen molar-refractivity contribution in [2.45, 2.75) is 33.4 Å². The standard InChI is InChI=1S/C19H21Cl2NO4S/c1-4-27(24,25)26-16-7-5-6-14(10-16)12-22(13(2)3)19(23)17-9-8-15(20)11-18(17)21/h5-11,13H,4,12H2,1-3H3. The number of rotatable bonds is 7. The van der Waals surface area contributed by atoms with Crippen LogP contribution in [0.3, 0.4) is 0 Å². The first-order valence-electron chi connectivity index (χ1n) is 8.40. The summed E-state index contributed by atoms with van der Waals surface area (Å²) in [6, 6.07) is 11.3. The van der Waals surface area contributed by atoms with Crippen molar-refractivity contribution in [3.63, 3.8) is 0 Å². The summed E-state index contributed by atoms with van der Waals surface area (Å²) in [5.74, 6) is -0.141. The molecule has 0 aliphatic rings. The second-order valence-electron chi connectivity index (χ2n) is 6.23. The molecular weight excluding hydrogens is 409 g/mol. The fraction of sp³-hybridized carbons (Fsp3) is 0.316. The zero-order valence-electron chi connectivity index (χ0n) is 15.3. The highest BCUT2D eigenvalue weighted by atomic mass is 35.5. The lowest BCUT2D eigenvalue weighted by Crippen LogP contribution is -2.36. The number of nitrogens with zero attached hydrogens (tertiary/aromatic N) is 1. The molecule has 0 aliphatic heterocycles. The maximum absolute atomic E-state index is 13.0. The van der Waals surface area contributed by atoms with E-state index in [1.54, 1.807) is 41.3 Å². The van der Waals surface area contributed by atoms with Gasteiger partial charge in [0.25, 0.3) is 5.91 Å². The summed E-state index contributed by atoms with van der Waals surface area (Å²) in [5, 5.41) is 0.735. The average Bonchev–Trinajstić information content (AvgIpc) is 2.59. The maximum Gasteiger partial charge on any atom is 0.308 e. The molecule has 1 amide bonds. The van der Waals surface area contributed by atoms with Crippen LogP contribution in [0.4, 0.5) is 0 Å². The monoisotopic (exact) mass is 429 g/mol. The first-order chi connectivity index (χ1) is 12.6. The molecule has 2 rings (SSSR count). The molecule has 0 bridgehead atoms. The third kappa shape index (κ3) is 5.86. The molecule has 8 heteroatoms. The molecule has 0 aliphatic carbocycles. The molecule has 0 N–H and O–H groups in total. The molecule has 0 heterocycles. The molecule has 0 saturated carbocycles. The summed E-state index contributed by atoms with van der Waals surface area (Å²) in [6.07, 6.45) is 0. The van der Waals surface area contributed by atoms with Crippen LogP contribution >= 0.6 is 23.2 Å². The van der Waals surface area contributed by atoms with E-state index in [9.17, 15) is 13.2 Å². The Hall–Kier alpha value is -1.76. The van der Waals surface area contributed by atoms with E-state index in [0.717, 1.165) is 5.56 Å². The molecule has 0 saturated heterocycles. The van der Waals surface area contributed by atoms with Gasteiger partial charge < -0.3 is 9.08 Å². The SMILES string of the molecule is CCS(=O)(=O)Oc1cccc(CN(C(=O)c2ccc(Cl)cc2Cl)C(C)C)c1. The Kier molecular flexibility index (Phi) is 7.14. The Balaban J connectivity index is 2.27. The van der Waals surface area contributed by atoms with Gasteiger partial charge in [-0.05, 0) is 56.7 Å². The summed E-state index contributed by atoms with van der Waals surface area (Å²) in [7, 11) is -3.61. The van der Waals surface area contributed by atoms with Crippen molar-refractivity contribution < 1.29 is 17.4 Å². The zero-order valence-corrected chi connectivity index (χ0v) is 17.6. The Morgan fingerprint density at radius 2 is 1.85 bits per heavy atom. The minimum Gasteiger partial charge on any atom is -0.382 e. The van der Waals surface area contributed by atoms with Gasteiger partial charge in [0.15, 0.2) is 0 Å². The Morgan fingerprint density at radius 3 is 2.44 bits per heavy atom. The van der Waals surface area contributed by atoms with Gasteiger partial charge in [0, 0.05) is 17.6 Å². The molecule has 0 radical (unpaired) electrons. The molecule has 146 valence electrons. The topological polar surface area (TPSA) is 63.7 Å². The minimum absolute atomic E-state index is 0.104. The smallest absolute Gasteiger partial charge is 0.308 e. The van der Waals surface area contributed by atoms with E-state index in [4.69, 9.17) is 27.4 Å². The van der Waals surface area contributed by atoms with Crippen molar-refractivity contribution in [3.8, 4) is 5.75 Å². The normalized spacial score (nSPS) is 11.5. The third-order valence-corrected chi connectivity index (χ3v) is 5.58. The van der Waals surface area contributed by atoms with Gasteiger partial charge in [-0.3, -0.25) is 4.79 Å². The van der Waals surface area contributed by atoms with Crippen molar-refractivity contribution in [1.82, 2.24) is 4.90 Å². The third-order valence-electron chi connectivity index (χ3n) is 3.87. The maximum atomic E-state index is 13.0. The number of hydrogen-bond acceptors (Lipinski definition) is 4. The van der Waals surface area contributed by atoms with Crippen LogP contribution in [0.15, 0.2) is 42.5 Å². The Morgan fingerprint density at radius 1 is 1.15 bits per heavy atom. The summed E-state index contributed by atoms with van der Waals surface area (Å²) in [6.45, 7) is 5.57. The first-order valence-corrected chi connectivity index (χ1v) is 10.7. The largest absolute Gasteiger partial charge is 0.382 e. The van der Waals surface area contributed by atoms with Gasteiger partial charge in [0.05, 0.1) is 16.3 Å². The predicted octanol–water partition coefficient (Wildman–Crippen LogP) is 4.77. The van der Waals surface area contributed by atoms with Gasteiger partial charge in [-0.1, -0.05) is 35.3 Å². The summed E-state index contributed by atoms with van der Waals surface area (Å²) in [4.78, 5) is 14.6. The molecular formula is C19H21Cl2NO4S. The molecule has 2 aromatic carbocycles. The number of hydrogen-bond donors (Lipinski definition) is 0. The average molecular weight is 430 g/mol. The van der Waals surface area contributed by atoms with E-state index >= 15 is 0 Å². The van der Waals surface area contributed by atoms with Crippen LogP contribution in [0, 0.1) is 0 Å². The van der Waals surface area contributed by atoms with Gasteiger partial charge in [-0.15, -0.1) is 0 Å². The van der Waals surface area contributed by atoms with E-state index in [1.807, 2.05) is 13.8 Å². The molecule has 0 aromatic heterocycles. The van der Waals surface area contributed by atoms with Gasteiger partial charge in [-0.2, -0.15) is 8.42 Å². The highest BCUT2D eigenvalue weighted by Gasteiger charge is 2.22. The van der Waals surface area contributed by atoms with Crippen LogP contribution in [0.1, 0.15) is 36.7 Å². The van der Waals surface area contributed by atoms with Crippen molar-refractivity contribution >= 4 is 39.2 Å². The summed E-state index contributed by atoms with van der Waals surface area (Å²) >= 11 is 12.1.